The number of carbonyl (C=O) groups excluding carboxylic acids is 2. The summed E-state index contributed by atoms with van der Waals surface area (Å²) < 4.78 is 2.39. The minimum absolute atomic E-state index is 0.00513. The van der Waals surface area contributed by atoms with E-state index in [9.17, 15) is 14.4 Å². The number of nitrogens with one attached hydrogen (secondary N) is 1. The van der Waals surface area contributed by atoms with E-state index in [0.717, 1.165) is 15.6 Å². The Kier molecular flexibility index (Phi) is 6.24. The maximum absolute atomic E-state index is 13.1. The highest BCUT2D eigenvalue weighted by Gasteiger charge is 2.19. The molecule has 1 amide bonds. The number of fused-ring (bicyclic) bond motifs is 1. The lowest BCUT2D eigenvalue weighted by Crippen LogP contribution is -2.25. The van der Waals surface area contributed by atoms with E-state index in [2.05, 4.69) is 26.2 Å². The molecule has 2 aromatic heterocycles. The van der Waals surface area contributed by atoms with E-state index in [1.165, 1.54) is 6.20 Å². The first-order valence-corrected chi connectivity index (χ1v) is 11.2. The Hall–Kier alpha value is -3.58. The van der Waals surface area contributed by atoms with E-state index >= 15 is 0 Å². The second-order valence-electron chi connectivity index (χ2n) is 8.01. The Balaban J connectivity index is 1.75. The van der Waals surface area contributed by atoms with Gasteiger partial charge in [-0.3, -0.25) is 14.4 Å². The van der Waals surface area contributed by atoms with E-state index in [-0.39, 0.29) is 18.0 Å². The van der Waals surface area contributed by atoms with Gasteiger partial charge in [0.2, 0.25) is 11.3 Å². The Bertz CT molecular complexity index is 1460. The van der Waals surface area contributed by atoms with Crippen LogP contribution in [0.2, 0.25) is 0 Å². The second-order valence-corrected chi connectivity index (χ2v) is 8.92. The summed E-state index contributed by atoms with van der Waals surface area (Å²) in [5.41, 5.74) is 3.94. The van der Waals surface area contributed by atoms with Crippen molar-refractivity contribution in [2.24, 2.45) is 0 Å². The van der Waals surface area contributed by atoms with Crippen LogP contribution in [-0.2, 0) is 11.3 Å². The number of anilines is 1. The van der Waals surface area contributed by atoms with Gasteiger partial charge in [-0.1, -0.05) is 22.0 Å². The molecule has 2 aromatic carbocycles. The predicted octanol–water partition coefficient (Wildman–Crippen LogP) is 4.95. The van der Waals surface area contributed by atoms with E-state index < -0.39 is 11.2 Å². The quantitative estimate of drug-likeness (QED) is 0.390. The third-order valence-electron chi connectivity index (χ3n) is 5.52. The summed E-state index contributed by atoms with van der Waals surface area (Å²) in [4.78, 5) is 43.6. The lowest BCUT2D eigenvalue weighted by Gasteiger charge is -2.14. The smallest absolute Gasteiger partial charge is 0.244 e. The summed E-state index contributed by atoms with van der Waals surface area (Å²) in [6.45, 7) is 5.70. The number of hydrogen-bond acceptors (Lipinski definition) is 4. The minimum Gasteiger partial charge on any atom is -0.325 e. The third-order valence-corrected chi connectivity index (χ3v) is 6.04. The summed E-state index contributed by atoms with van der Waals surface area (Å²) in [6, 6.07) is 15.9. The third kappa shape index (κ3) is 4.78. The van der Waals surface area contributed by atoms with E-state index in [0.29, 0.717) is 28.0 Å². The van der Waals surface area contributed by atoms with Gasteiger partial charge in [-0.05, 0) is 80.4 Å². The normalized spacial score (nSPS) is 10.9. The number of aromatic nitrogens is 2. The van der Waals surface area contributed by atoms with Crippen LogP contribution < -0.4 is 10.7 Å². The van der Waals surface area contributed by atoms with Crippen LogP contribution in [0.15, 0.2) is 70.1 Å². The molecule has 33 heavy (non-hydrogen) atoms. The van der Waals surface area contributed by atoms with Crippen molar-refractivity contribution in [1.82, 2.24) is 9.55 Å². The predicted molar refractivity (Wildman–Crippen MR) is 133 cm³/mol. The van der Waals surface area contributed by atoms with Crippen LogP contribution in [0, 0.1) is 20.8 Å². The van der Waals surface area contributed by atoms with Gasteiger partial charge in [-0.2, -0.15) is 0 Å². The summed E-state index contributed by atoms with van der Waals surface area (Å²) in [5, 5.41) is 3.18. The van der Waals surface area contributed by atoms with Crippen molar-refractivity contribution >= 4 is 44.3 Å². The molecule has 0 aliphatic rings. The molecule has 0 atom stereocenters. The number of halogens is 1. The highest BCUT2D eigenvalue weighted by atomic mass is 79.9. The van der Waals surface area contributed by atoms with Crippen LogP contribution in [0.25, 0.3) is 11.0 Å². The number of rotatable bonds is 5. The Labute approximate surface area is 199 Å². The molecule has 0 saturated carbocycles. The summed E-state index contributed by atoms with van der Waals surface area (Å²) in [5.74, 6) is -0.688. The van der Waals surface area contributed by atoms with E-state index in [4.69, 9.17) is 0 Å². The maximum atomic E-state index is 13.1. The monoisotopic (exact) mass is 503 g/mol. The molecule has 0 aliphatic carbocycles. The van der Waals surface area contributed by atoms with Gasteiger partial charge in [0.05, 0.1) is 10.9 Å². The van der Waals surface area contributed by atoms with Crippen molar-refractivity contribution in [3.63, 3.8) is 0 Å². The first-order valence-electron chi connectivity index (χ1n) is 10.4. The average Bonchev–Trinajstić information content (AvgIpc) is 2.78. The van der Waals surface area contributed by atoms with E-state index in [1.54, 1.807) is 41.0 Å². The molecule has 6 nitrogen and oxygen atoms in total. The molecule has 2 heterocycles. The van der Waals surface area contributed by atoms with Crippen LogP contribution in [0.4, 0.5) is 5.69 Å². The number of amides is 1. The summed E-state index contributed by atoms with van der Waals surface area (Å²) in [7, 11) is 0. The standard InChI is InChI=1S/C26H22BrN3O3/c1-15-4-10-20(12-16(15)2)29-23(31)14-30-13-22(24(32)18-6-8-19(27)9-7-18)25(33)21-11-5-17(3)28-26(21)30/h4-13H,14H2,1-3H3,(H,29,31). The molecule has 4 rings (SSSR count). The fourth-order valence-corrected chi connectivity index (χ4v) is 3.84. The first kappa shape index (κ1) is 22.6. The average molecular weight is 504 g/mol. The zero-order valence-corrected chi connectivity index (χ0v) is 20.1. The molecule has 0 fully saturated rings. The number of nitrogens with zero attached hydrogens (tertiary/aromatic N) is 2. The van der Waals surface area contributed by atoms with Gasteiger partial charge in [-0.15, -0.1) is 0 Å². The van der Waals surface area contributed by atoms with Gasteiger partial charge in [-0.25, -0.2) is 4.98 Å². The fourth-order valence-electron chi connectivity index (χ4n) is 3.57. The lowest BCUT2D eigenvalue weighted by molar-refractivity contribution is -0.116. The molecule has 0 radical (unpaired) electrons. The van der Waals surface area contributed by atoms with Crippen LogP contribution >= 0.6 is 15.9 Å². The topological polar surface area (TPSA) is 81.1 Å². The SMILES string of the molecule is Cc1ccc2c(=O)c(C(=O)c3ccc(Br)cc3)cn(CC(=O)Nc3ccc(C)c(C)c3)c2n1. The highest BCUT2D eigenvalue weighted by molar-refractivity contribution is 9.10. The fraction of sp³-hybridized carbons (Fsp3) is 0.154. The number of benzene rings is 2. The van der Waals surface area contributed by atoms with Crippen molar-refractivity contribution < 1.29 is 9.59 Å². The van der Waals surface area contributed by atoms with Crippen molar-refractivity contribution in [2.45, 2.75) is 27.3 Å². The molecule has 0 unspecified atom stereocenters. The zero-order valence-electron chi connectivity index (χ0n) is 18.5. The molecule has 1 N–H and O–H groups in total. The van der Waals surface area contributed by atoms with E-state index in [1.807, 2.05) is 39.0 Å². The maximum Gasteiger partial charge on any atom is 0.244 e. The van der Waals surface area contributed by atoms with Crippen LogP contribution in [0.5, 0.6) is 0 Å². The highest BCUT2D eigenvalue weighted by Crippen LogP contribution is 2.17. The molecule has 166 valence electrons. The van der Waals surface area contributed by atoms with Crippen molar-refractivity contribution in [3.05, 3.63) is 103 Å². The van der Waals surface area contributed by atoms with Gasteiger partial charge in [0.15, 0.2) is 5.78 Å². The Morgan fingerprint density at radius 2 is 1.70 bits per heavy atom. The molecule has 7 heteroatoms. The van der Waals surface area contributed by atoms with Crippen molar-refractivity contribution in [1.29, 1.82) is 0 Å². The van der Waals surface area contributed by atoms with Gasteiger partial charge >= 0.3 is 0 Å². The lowest BCUT2D eigenvalue weighted by atomic mass is 10.0. The zero-order chi connectivity index (χ0) is 23.7. The number of pyridine rings is 2. The molecule has 0 aliphatic heterocycles. The van der Waals surface area contributed by atoms with Crippen LogP contribution in [-0.4, -0.2) is 21.2 Å². The Morgan fingerprint density at radius 1 is 0.970 bits per heavy atom. The van der Waals surface area contributed by atoms with Gasteiger partial charge in [0, 0.05) is 27.6 Å². The Morgan fingerprint density at radius 3 is 2.39 bits per heavy atom. The molecular formula is C26H22BrN3O3. The number of carbonyl (C=O) groups is 2. The molecule has 4 aromatic rings. The summed E-state index contributed by atoms with van der Waals surface area (Å²) >= 11 is 3.35. The molecule has 0 spiro atoms. The number of hydrogen-bond donors (Lipinski definition) is 1. The van der Waals surface area contributed by atoms with Crippen LogP contribution in [0.3, 0.4) is 0 Å². The number of aryl methyl sites for hydroxylation is 3. The minimum atomic E-state index is -0.406. The molecular weight excluding hydrogens is 482 g/mol. The summed E-state index contributed by atoms with van der Waals surface area (Å²) in [6.07, 6.45) is 1.43. The largest absolute Gasteiger partial charge is 0.325 e. The van der Waals surface area contributed by atoms with Crippen LogP contribution in [0.1, 0.15) is 32.7 Å². The number of ketones is 1. The molecule has 0 bridgehead atoms. The van der Waals surface area contributed by atoms with Gasteiger partial charge in [0.1, 0.15) is 12.2 Å². The molecule has 0 saturated heterocycles. The second kappa shape index (κ2) is 9.11. The van der Waals surface area contributed by atoms with Gasteiger partial charge < -0.3 is 9.88 Å². The van der Waals surface area contributed by atoms with Crippen molar-refractivity contribution in [3.8, 4) is 0 Å². The first-order chi connectivity index (χ1) is 15.7. The van der Waals surface area contributed by atoms with Crippen molar-refractivity contribution in [2.75, 3.05) is 5.32 Å². The van der Waals surface area contributed by atoms with Gasteiger partial charge in [0.25, 0.3) is 0 Å².